The Labute approximate surface area is 116 Å². The van der Waals surface area contributed by atoms with Crippen LogP contribution in [-0.4, -0.2) is 21.9 Å². The second-order valence-corrected chi connectivity index (χ2v) is 4.44. The van der Waals surface area contributed by atoms with Crippen LogP contribution in [0.4, 0.5) is 23.1 Å². The zero-order chi connectivity index (χ0) is 14.7. The third-order valence-electron chi connectivity index (χ3n) is 2.67. The van der Waals surface area contributed by atoms with Crippen molar-refractivity contribution in [2.24, 2.45) is 0 Å². The van der Waals surface area contributed by atoms with Gasteiger partial charge in [0.1, 0.15) is 6.20 Å². The highest BCUT2D eigenvalue weighted by molar-refractivity contribution is 5.66. The number of anilines is 3. The Balaban J connectivity index is 2.42. The van der Waals surface area contributed by atoms with Crippen molar-refractivity contribution in [3.05, 3.63) is 45.6 Å². The molecule has 0 aliphatic heterocycles. The Morgan fingerprint density at radius 3 is 2.40 bits per heavy atom. The molecule has 0 saturated heterocycles. The van der Waals surface area contributed by atoms with Gasteiger partial charge in [0.15, 0.2) is 0 Å². The second-order valence-electron chi connectivity index (χ2n) is 4.44. The van der Waals surface area contributed by atoms with Gasteiger partial charge in [-0.2, -0.15) is 4.98 Å². The number of rotatable bonds is 4. The van der Waals surface area contributed by atoms with Gasteiger partial charge >= 0.3 is 5.69 Å². The molecule has 2 N–H and O–H groups in total. The zero-order valence-corrected chi connectivity index (χ0v) is 11.5. The van der Waals surface area contributed by atoms with Crippen LogP contribution in [0, 0.1) is 24.0 Å². The van der Waals surface area contributed by atoms with Gasteiger partial charge in [-0.15, -0.1) is 0 Å². The molecule has 7 heteroatoms. The summed E-state index contributed by atoms with van der Waals surface area (Å²) >= 11 is 0. The molecule has 0 aliphatic carbocycles. The van der Waals surface area contributed by atoms with E-state index in [1.54, 1.807) is 7.05 Å². The topological polar surface area (TPSA) is 93.0 Å². The molecule has 0 spiro atoms. The lowest BCUT2D eigenvalue weighted by atomic mass is 10.1. The number of hydrogen-bond acceptors (Lipinski definition) is 6. The summed E-state index contributed by atoms with van der Waals surface area (Å²) in [6, 6.07) is 5.83. The van der Waals surface area contributed by atoms with Gasteiger partial charge in [-0.1, -0.05) is 6.07 Å². The minimum absolute atomic E-state index is 0.164. The predicted molar refractivity (Wildman–Crippen MR) is 77.4 cm³/mol. The van der Waals surface area contributed by atoms with E-state index >= 15 is 0 Å². The van der Waals surface area contributed by atoms with Gasteiger partial charge in [0.25, 0.3) is 0 Å². The molecule has 104 valence electrons. The summed E-state index contributed by atoms with van der Waals surface area (Å²) in [7, 11) is 1.65. The zero-order valence-electron chi connectivity index (χ0n) is 11.5. The minimum Gasteiger partial charge on any atom is -0.357 e. The summed E-state index contributed by atoms with van der Waals surface area (Å²) in [5.41, 5.74) is 2.73. The SMILES string of the molecule is CNc1ncc([N+](=O)[O-])c(Nc2cc(C)cc(C)c2)n1. The van der Waals surface area contributed by atoms with Crippen LogP contribution >= 0.6 is 0 Å². The van der Waals surface area contributed by atoms with E-state index in [4.69, 9.17) is 0 Å². The van der Waals surface area contributed by atoms with Crippen molar-refractivity contribution in [2.75, 3.05) is 17.7 Å². The van der Waals surface area contributed by atoms with Gasteiger partial charge in [0, 0.05) is 12.7 Å². The highest BCUT2D eigenvalue weighted by Crippen LogP contribution is 2.26. The number of benzene rings is 1. The summed E-state index contributed by atoms with van der Waals surface area (Å²) in [6.07, 6.45) is 1.18. The Morgan fingerprint density at radius 2 is 1.85 bits per heavy atom. The highest BCUT2D eigenvalue weighted by Gasteiger charge is 2.17. The molecule has 2 aromatic rings. The Morgan fingerprint density at radius 1 is 1.20 bits per heavy atom. The first kappa shape index (κ1) is 13.7. The van der Waals surface area contributed by atoms with Gasteiger partial charge in [-0.25, -0.2) is 4.98 Å². The molecule has 0 unspecified atom stereocenters. The molecule has 0 bridgehead atoms. The normalized spacial score (nSPS) is 10.2. The second kappa shape index (κ2) is 5.52. The van der Waals surface area contributed by atoms with Crippen molar-refractivity contribution in [1.82, 2.24) is 9.97 Å². The minimum atomic E-state index is -0.509. The molecule has 0 saturated carbocycles. The van der Waals surface area contributed by atoms with E-state index in [0.717, 1.165) is 16.8 Å². The molecule has 1 heterocycles. The molecule has 20 heavy (non-hydrogen) atoms. The lowest BCUT2D eigenvalue weighted by molar-refractivity contribution is -0.384. The first-order valence-corrected chi connectivity index (χ1v) is 6.04. The maximum atomic E-state index is 11.0. The van der Waals surface area contributed by atoms with Gasteiger partial charge in [-0.05, 0) is 37.1 Å². The molecular formula is C13H15N5O2. The van der Waals surface area contributed by atoms with Gasteiger partial charge < -0.3 is 10.6 Å². The number of aromatic nitrogens is 2. The predicted octanol–water partition coefficient (Wildman–Crippen LogP) is 2.79. The van der Waals surface area contributed by atoms with Crippen LogP contribution in [0.25, 0.3) is 0 Å². The molecule has 1 aromatic carbocycles. The number of nitro groups is 1. The van der Waals surface area contributed by atoms with Crippen LogP contribution in [0.15, 0.2) is 24.4 Å². The smallest absolute Gasteiger partial charge is 0.329 e. The number of aryl methyl sites for hydroxylation is 2. The standard InChI is InChI=1S/C13H15N5O2/c1-8-4-9(2)6-10(5-8)16-12-11(18(19)20)7-15-13(14-3)17-12/h4-7H,1-3H3,(H2,14,15,16,17). The fourth-order valence-corrected chi connectivity index (χ4v) is 1.91. The highest BCUT2D eigenvalue weighted by atomic mass is 16.6. The molecule has 2 rings (SSSR count). The van der Waals surface area contributed by atoms with Gasteiger partial charge in [0.05, 0.1) is 4.92 Å². The van der Waals surface area contributed by atoms with E-state index in [1.165, 1.54) is 6.20 Å². The first-order chi connectivity index (χ1) is 9.49. The van der Waals surface area contributed by atoms with E-state index < -0.39 is 4.92 Å². The number of nitrogens with one attached hydrogen (secondary N) is 2. The van der Waals surface area contributed by atoms with Crippen LogP contribution in [0.3, 0.4) is 0 Å². The fraction of sp³-hybridized carbons (Fsp3) is 0.231. The Hall–Kier alpha value is -2.70. The lowest BCUT2D eigenvalue weighted by Crippen LogP contribution is -2.04. The van der Waals surface area contributed by atoms with E-state index in [1.807, 2.05) is 32.0 Å². The third kappa shape index (κ3) is 3.00. The van der Waals surface area contributed by atoms with Crippen molar-refractivity contribution in [2.45, 2.75) is 13.8 Å². The maximum Gasteiger partial charge on any atom is 0.329 e. The van der Waals surface area contributed by atoms with Crippen molar-refractivity contribution in [3.63, 3.8) is 0 Å². The molecule has 7 nitrogen and oxygen atoms in total. The summed E-state index contributed by atoms with van der Waals surface area (Å²) in [5, 5.41) is 16.7. The van der Waals surface area contributed by atoms with Crippen LogP contribution < -0.4 is 10.6 Å². The van der Waals surface area contributed by atoms with E-state index in [0.29, 0.717) is 5.95 Å². The van der Waals surface area contributed by atoms with Crippen molar-refractivity contribution < 1.29 is 4.92 Å². The number of hydrogen-bond donors (Lipinski definition) is 2. The molecule has 0 atom stereocenters. The van der Waals surface area contributed by atoms with Crippen LogP contribution in [0.1, 0.15) is 11.1 Å². The van der Waals surface area contributed by atoms with E-state index in [-0.39, 0.29) is 11.5 Å². The Bertz CT molecular complexity index is 637. The average molecular weight is 273 g/mol. The molecule has 0 fully saturated rings. The molecule has 0 amide bonds. The van der Waals surface area contributed by atoms with E-state index in [2.05, 4.69) is 20.6 Å². The fourth-order valence-electron chi connectivity index (χ4n) is 1.91. The van der Waals surface area contributed by atoms with Gasteiger partial charge in [-0.3, -0.25) is 10.1 Å². The summed E-state index contributed by atoms with van der Waals surface area (Å²) in [4.78, 5) is 18.4. The molecule has 1 aromatic heterocycles. The third-order valence-corrected chi connectivity index (χ3v) is 2.67. The number of nitrogens with zero attached hydrogens (tertiary/aromatic N) is 3. The summed E-state index contributed by atoms with van der Waals surface area (Å²) in [5.74, 6) is 0.488. The molecule has 0 radical (unpaired) electrons. The van der Waals surface area contributed by atoms with Crippen LogP contribution in [0.5, 0.6) is 0 Å². The Kier molecular flexibility index (Phi) is 3.79. The summed E-state index contributed by atoms with van der Waals surface area (Å²) < 4.78 is 0. The van der Waals surface area contributed by atoms with Crippen molar-refractivity contribution >= 4 is 23.1 Å². The van der Waals surface area contributed by atoms with Gasteiger partial charge in [0.2, 0.25) is 11.8 Å². The quantitative estimate of drug-likeness (QED) is 0.657. The monoisotopic (exact) mass is 273 g/mol. The maximum absolute atomic E-state index is 11.0. The lowest BCUT2D eigenvalue weighted by Gasteiger charge is -2.09. The molecular weight excluding hydrogens is 258 g/mol. The van der Waals surface area contributed by atoms with E-state index in [9.17, 15) is 10.1 Å². The van der Waals surface area contributed by atoms with Crippen molar-refractivity contribution in [1.29, 1.82) is 0 Å². The molecule has 0 aliphatic rings. The van der Waals surface area contributed by atoms with Crippen LogP contribution in [0.2, 0.25) is 0 Å². The van der Waals surface area contributed by atoms with Crippen molar-refractivity contribution in [3.8, 4) is 0 Å². The van der Waals surface area contributed by atoms with Crippen LogP contribution in [-0.2, 0) is 0 Å². The average Bonchev–Trinajstić information content (AvgIpc) is 2.37. The summed E-state index contributed by atoms with van der Waals surface area (Å²) in [6.45, 7) is 3.93. The largest absolute Gasteiger partial charge is 0.357 e. The first-order valence-electron chi connectivity index (χ1n) is 6.04.